The third-order valence-electron chi connectivity index (χ3n) is 3.76. The molecule has 132 valence electrons. The van der Waals surface area contributed by atoms with Crippen molar-refractivity contribution in [3.8, 4) is 0 Å². The number of hydrogen-bond acceptors (Lipinski definition) is 2. The van der Waals surface area contributed by atoms with E-state index in [0.717, 1.165) is 43.7 Å². The van der Waals surface area contributed by atoms with Crippen molar-refractivity contribution in [1.82, 2.24) is 10.2 Å². The Kier molecular flexibility index (Phi) is 9.21. The van der Waals surface area contributed by atoms with E-state index in [1.165, 1.54) is 12.1 Å². The van der Waals surface area contributed by atoms with Crippen LogP contribution in [0.1, 0.15) is 30.5 Å². The molecule has 0 unspecified atom stereocenters. The summed E-state index contributed by atoms with van der Waals surface area (Å²) in [6.45, 7) is 9.53. The van der Waals surface area contributed by atoms with Crippen molar-refractivity contribution in [2.45, 2.75) is 25.6 Å². The first kappa shape index (κ1) is 22.2. The van der Waals surface area contributed by atoms with Gasteiger partial charge in [-0.1, -0.05) is 17.7 Å². The van der Waals surface area contributed by atoms with E-state index < -0.39 is 11.7 Å². The normalized spacial score (nSPS) is 16.9. The lowest BCUT2D eigenvalue weighted by Crippen LogP contribution is -2.45. The van der Waals surface area contributed by atoms with Crippen LogP contribution in [0.25, 0.3) is 0 Å². The van der Waals surface area contributed by atoms with Crippen LogP contribution in [0.5, 0.6) is 0 Å². The molecule has 0 spiro atoms. The molecule has 2 rings (SSSR count). The Hall–Kier alpha value is -0.750. The van der Waals surface area contributed by atoms with Crippen molar-refractivity contribution in [3.63, 3.8) is 0 Å². The summed E-state index contributed by atoms with van der Waals surface area (Å²) >= 11 is 0. The number of hydrogen-bond donors (Lipinski definition) is 1. The number of benzene rings is 1. The molecule has 1 aromatic carbocycles. The first-order chi connectivity index (χ1) is 9.88. The van der Waals surface area contributed by atoms with Crippen LogP contribution >= 0.6 is 24.8 Å². The summed E-state index contributed by atoms with van der Waals surface area (Å²) < 4.78 is 38.0. The van der Waals surface area contributed by atoms with Gasteiger partial charge in [-0.3, -0.25) is 4.90 Å². The molecule has 1 atom stereocenters. The zero-order chi connectivity index (χ0) is 15.5. The van der Waals surface area contributed by atoms with Crippen LogP contribution in [-0.2, 0) is 6.18 Å². The maximum Gasteiger partial charge on any atom is 0.416 e. The van der Waals surface area contributed by atoms with Crippen LogP contribution in [-0.4, -0.2) is 31.1 Å². The molecule has 0 amide bonds. The summed E-state index contributed by atoms with van der Waals surface area (Å²) in [5.74, 6) is 0. The Balaban J connectivity index is 0.00000242. The maximum atomic E-state index is 12.7. The van der Waals surface area contributed by atoms with Gasteiger partial charge in [0.2, 0.25) is 0 Å². The first-order valence-corrected chi connectivity index (χ1v) is 7.14. The second-order valence-corrected chi connectivity index (χ2v) is 5.58. The van der Waals surface area contributed by atoms with Gasteiger partial charge in [0.1, 0.15) is 0 Å². The summed E-state index contributed by atoms with van der Waals surface area (Å²) in [7, 11) is 0. The van der Waals surface area contributed by atoms with Gasteiger partial charge in [0.15, 0.2) is 0 Å². The molecule has 1 heterocycles. The molecular formula is C16H23Cl2F3N2. The molecule has 1 saturated heterocycles. The number of piperazine rings is 1. The molecule has 1 aromatic rings. The van der Waals surface area contributed by atoms with Gasteiger partial charge in [0, 0.05) is 32.2 Å². The van der Waals surface area contributed by atoms with Gasteiger partial charge in [0.05, 0.1) is 5.56 Å². The van der Waals surface area contributed by atoms with Crippen molar-refractivity contribution in [3.05, 3.63) is 47.5 Å². The first-order valence-electron chi connectivity index (χ1n) is 7.14. The Morgan fingerprint density at radius 2 is 1.70 bits per heavy atom. The van der Waals surface area contributed by atoms with Crippen LogP contribution in [0.15, 0.2) is 36.4 Å². The van der Waals surface area contributed by atoms with Crippen LogP contribution in [0.2, 0.25) is 0 Å². The fourth-order valence-corrected chi connectivity index (χ4v) is 2.68. The third kappa shape index (κ3) is 6.34. The van der Waals surface area contributed by atoms with Crippen molar-refractivity contribution >= 4 is 24.8 Å². The molecular weight excluding hydrogens is 348 g/mol. The molecule has 0 radical (unpaired) electrons. The van der Waals surface area contributed by atoms with E-state index in [9.17, 15) is 13.2 Å². The monoisotopic (exact) mass is 370 g/mol. The van der Waals surface area contributed by atoms with Gasteiger partial charge in [-0.05, 0) is 31.0 Å². The number of alkyl halides is 3. The van der Waals surface area contributed by atoms with Gasteiger partial charge in [-0.2, -0.15) is 13.2 Å². The van der Waals surface area contributed by atoms with E-state index in [1.807, 2.05) is 6.92 Å². The van der Waals surface area contributed by atoms with Crippen molar-refractivity contribution in [1.29, 1.82) is 0 Å². The molecule has 0 bridgehead atoms. The third-order valence-corrected chi connectivity index (χ3v) is 3.76. The molecule has 0 aliphatic carbocycles. The summed E-state index contributed by atoms with van der Waals surface area (Å²) in [4.78, 5) is 2.31. The van der Waals surface area contributed by atoms with Gasteiger partial charge >= 0.3 is 6.18 Å². The summed E-state index contributed by atoms with van der Waals surface area (Å²) in [5, 5.41) is 3.29. The minimum absolute atomic E-state index is 0. The summed E-state index contributed by atoms with van der Waals surface area (Å²) in [5.41, 5.74) is 1.37. The molecule has 1 N–H and O–H groups in total. The Morgan fingerprint density at radius 1 is 1.17 bits per heavy atom. The van der Waals surface area contributed by atoms with E-state index in [-0.39, 0.29) is 30.9 Å². The van der Waals surface area contributed by atoms with Gasteiger partial charge in [0.25, 0.3) is 0 Å². The van der Waals surface area contributed by atoms with Crippen molar-refractivity contribution in [2.75, 3.05) is 26.2 Å². The smallest absolute Gasteiger partial charge is 0.314 e. The number of rotatable bonds is 4. The molecule has 1 fully saturated rings. The van der Waals surface area contributed by atoms with E-state index in [4.69, 9.17) is 0 Å². The highest BCUT2D eigenvalue weighted by Gasteiger charge is 2.30. The average molecular weight is 371 g/mol. The summed E-state index contributed by atoms with van der Waals surface area (Å²) in [6.07, 6.45) is -3.51. The zero-order valence-corrected chi connectivity index (χ0v) is 14.7. The van der Waals surface area contributed by atoms with Gasteiger partial charge < -0.3 is 5.32 Å². The fraction of sp³-hybridized carbons (Fsp3) is 0.500. The molecule has 0 aromatic heterocycles. The highest BCUT2D eigenvalue weighted by atomic mass is 35.5. The van der Waals surface area contributed by atoms with Crippen LogP contribution in [0.4, 0.5) is 13.2 Å². The van der Waals surface area contributed by atoms with Crippen LogP contribution < -0.4 is 5.32 Å². The minimum Gasteiger partial charge on any atom is -0.314 e. The number of nitrogens with one attached hydrogen (secondary N) is 1. The van der Waals surface area contributed by atoms with Gasteiger partial charge in [-0.25, -0.2) is 0 Å². The predicted octanol–water partition coefficient (Wildman–Crippen LogP) is 4.46. The van der Waals surface area contributed by atoms with E-state index >= 15 is 0 Å². The highest BCUT2D eigenvalue weighted by molar-refractivity contribution is 5.85. The average Bonchev–Trinajstić information content (AvgIpc) is 2.45. The predicted molar refractivity (Wildman–Crippen MR) is 92.6 cm³/mol. The lowest BCUT2D eigenvalue weighted by molar-refractivity contribution is -0.137. The maximum absolute atomic E-state index is 12.7. The number of halogens is 5. The molecule has 1 aliphatic heterocycles. The van der Waals surface area contributed by atoms with Gasteiger partial charge in [-0.15, -0.1) is 31.4 Å². The SMILES string of the molecule is C=C(C)C[C@@H](c1ccc(C(F)(F)F)cc1)N1CCNCC1.Cl.Cl. The Labute approximate surface area is 147 Å². The van der Waals surface area contributed by atoms with E-state index in [2.05, 4.69) is 16.8 Å². The minimum atomic E-state index is -4.28. The number of nitrogens with zero attached hydrogens (tertiary/aromatic N) is 1. The topological polar surface area (TPSA) is 15.3 Å². The lowest BCUT2D eigenvalue weighted by Gasteiger charge is -2.35. The standard InChI is InChI=1S/C16H21F3N2.2ClH/c1-12(2)11-15(21-9-7-20-8-10-21)13-3-5-14(6-4-13)16(17,18)19;;/h3-6,15,20H,1,7-11H2,2H3;2*1H/t15-;;/m0../s1. The molecule has 7 heteroatoms. The van der Waals surface area contributed by atoms with E-state index in [0.29, 0.717) is 0 Å². The molecule has 1 aliphatic rings. The lowest BCUT2D eigenvalue weighted by atomic mass is 9.97. The van der Waals surface area contributed by atoms with Crippen molar-refractivity contribution < 1.29 is 13.2 Å². The molecule has 2 nitrogen and oxygen atoms in total. The second kappa shape index (κ2) is 9.52. The fourth-order valence-electron chi connectivity index (χ4n) is 2.68. The van der Waals surface area contributed by atoms with E-state index in [1.54, 1.807) is 12.1 Å². The molecule has 23 heavy (non-hydrogen) atoms. The quantitative estimate of drug-likeness (QED) is 0.787. The molecule has 0 saturated carbocycles. The van der Waals surface area contributed by atoms with Crippen LogP contribution in [0, 0.1) is 0 Å². The summed E-state index contributed by atoms with van der Waals surface area (Å²) in [6, 6.07) is 5.63. The highest BCUT2D eigenvalue weighted by Crippen LogP contribution is 2.32. The van der Waals surface area contributed by atoms with Crippen molar-refractivity contribution in [2.24, 2.45) is 0 Å². The Bertz CT molecular complexity index is 483. The largest absolute Gasteiger partial charge is 0.416 e. The second-order valence-electron chi connectivity index (χ2n) is 5.58. The van der Waals surface area contributed by atoms with Crippen LogP contribution in [0.3, 0.4) is 0 Å². The Morgan fingerprint density at radius 3 is 2.13 bits per heavy atom. The zero-order valence-electron chi connectivity index (χ0n) is 13.0.